The summed E-state index contributed by atoms with van der Waals surface area (Å²) in [6.07, 6.45) is 5.65. The van der Waals surface area contributed by atoms with E-state index in [4.69, 9.17) is 19.7 Å². The number of fused-ring (bicyclic) bond motifs is 1. The monoisotopic (exact) mass is 591 g/mol. The third-order valence-electron chi connectivity index (χ3n) is 7.29. The van der Waals surface area contributed by atoms with E-state index in [9.17, 15) is 9.59 Å². The van der Waals surface area contributed by atoms with E-state index in [0.717, 1.165) is 33.5 Å². The van der Waals surface area contributed by atoms with Crippen molar-refractivity contribution in [3.8, 4) is 22.5 Å². The first-order chi connectivity index (χ1) is 21.2. The maximum absolute atomic E-state index is 12.7. The molecule has 0 spiro atoms. The number of carbonyl (C=O) groups excluding carboxylic acids is 2. The molecule has 0 aliphatic carbocycles. The van der Waals surface area contributed by atoms with Crippen molar-refractivity contribution in [1.29, 1.82) is 0 Å². The van der Waals surface area contributed by atoms with Crippen LogP contribution in [0.5, 0.6) is 0 Å². The Kier molecular flexibility index (Phi) is 7.90. The second-order valence-corrected chi connectivity index (χ2v) is 10.9. The summed E-state index contributed by atoms with van der Waals surface area (Å²) in [5, 5.41) is 9.93. The highest BCUT2D eigenvalue weighted by Gasteiger charge is 2.23. The molecule has 4 heterocycles. The number of anilines is 3. The maximum Gasteiger partial charge on any atom is 0.323 e. The molecule has 0 saturated carbocycles. The first kappa shape index (κ1) is 28.7. The lowest BCUT2D eigenvalue weighted by atomic mass is 10.1. The van der Waals surface area contributed by atoms with Crippen LogP contribution in [0.15, 0.2) is 73.2 Å². The molecule has 1 saturated heterocycles. The molecule has 2 N–H and O–H groups in total. The van der Waals surface area contributed by atoms with E-state index >= 15 is 0 Å². The van der Waals surface area contributed by atoms with Crippen molar-refractivity contribution < 1.29 is 14.3 Å². The van der Waals surface area contributed by atoms with Gasteiger partial charge in [-0.2, -0.15) is 5.10 Å². The number of carbonyl (C=O) groups is 2. The lowest BCUT2D eigenvalue weighted by Crippen LogP contribution is -2.41. The minimum absolute atomic E-state index is 0.0712. The fraction of sp³-hybridized carbons (Fsp3) is 0.250. The molecule has 1 aliphatic rings. The van der Waals surface area contributed by atoms with Gasteiger partial charge in [0.15, 0.2) is 11.6 Å². The number of rotatable bonds is 6. The van der Waals surface area contributed by atoms with Gasteiger partial charge in [-0.1, -0.05) is 0 Å². The number of urea groups is 1. The molecule has 44 heavy (non-hydrogen) atoms. The zero-order valence-corrected chi connectivity index (χ0v) is 25.0. The van der Waals surface area contributed by atoms with Crippen LogP contribution in [0.4, 0.5) is 22.0 Å². The largest absolute Gasteiger partial charge is 0.375 e. The van der Waals surface area contributed by atoms with E-state index in [0.29, 0.717) is 42.5 Å². The molecule has 3 amide bonds. The zero-order chi connectivity index (χ0) is 30.8. The predicted molar refractivity (Wildman–Crippen MR) is 170 cm³/mol. The quantitative estimate of drug-likeness (QED) is 0.292. The summed E-state index contributed by atoms with van der Waals surface area (Å²) in [7, 11) is 5.27. The molecule has 1 aliphatic heterocycles. The van der Waals surface area contributed by atoms with Crippen molar-refractivity contribution in [3.63, 3.8) is 0 Å². The number of aromatic nitrogens is 5. The van der Waals surface area contributed by atoms with E-state index < -0.39 is 6.03 Å². The van der Waals surface area contributed by atoms with Gasteiger partial charge >= 0.3 is 6.03 Å². The second kappa shape index (κ2) is 12.1. The second-order valence-electron chi connectivity index (χ2n) is 10.9. The van der Waals surface area contributed by atoms with Crippen LogP contribution in [0.2, 0.25) is 0 Å². The van der Waals surface area contributed by atoms with Gasteiger partial charge in [-0.15, -0.1) is 0 Å². The summed E-state index contributed by atoms with van der Waals surface area (Å²) in [6.45, 7) is 4.06. The number of aryl methyl sites for hydroxylation is 1. The van der Waals surface area contributed by atoms with Crippen molar-refractivity contribution in [1.82, 2.24) is 29.6 Å². The molecule has 1 unspecified atom stereocenters. The highest BCUT2D eigenvalue weighted by atomic mass is 16.5. The summed E-state index contributed by atoms with van der Waals surface area (Å²) in [5.41, 5.74) is 5.85. The van der Waals surface area contributed by atoms with Gasteiger partial charge in [0.1, 0.15) is 5.52 Å². The van der Waals surface area contributed by atoms with Crippen LogP contribution in [-0.4, -0.2) is 81.5 Å². The van der Waals surface area contributed by atoms with Crippen molar-refractivity contribution >= 4 is 40.2 Å². The summed E-state index contributed by atoms with van der Waals surface area (Å²) in [6, 6.07) is 15.7. The molecule has 12 heteroatoms. The number of pyridine rings is 1. The van der Waals surface area contributed by atoms with Crippen molar-refractivity contribution in [2.45, 2.75) is 13.0 Å². The summed E-state index contributed by atoms with van der Waals surface area (Å²) in [5.74, 6) is 1.21. The SMILES string of the molecule is CC1CN(c2nc(-c3ccc(NC(=O)Nc4ccc(C(=O)N(C)C)cc4)cc3)nc3cc(-c4cnn(C)c4)cnc23)CCO1. The van der Waals surface area contributed by atoms with E-state index in [2.05, 4.69) is 20.6 Å². The number of ether oxygens (including phenoxy) is 1. The number of hydrogen-bond acceptors (Lipinski definition) is 8. The number of morpholine rings is 1. The Hall–Kier alpha value is -5.36. The number of benzene rings is 2. The van der Waals surface area contributed by atoms with E-state index in [-0.39, 0.29) is 12.0 Å². The molecular weight excluding hydrogens is 558 g/mol. The van der Waals surface area contributed by atoms with Gasteiger partial charge < -0.3 is 25.2 Å². The van der Waals surface area contributed by atoms with Gasteiger partial charge in [-0.05, 0) is 61.5 Å². The third kappa shape index (κ3) is 6.20. The van der Waals surface area contributed by atoms with Crippen LogP contribution in [0.1, 0.15) is 17.3 Å². The molecular formula is C32H33N9O3. The highest BCUT2D eigenvalue weighted by Crippen LogP contribution is 2.30. The summed E-state index contributed by atoms with van der Waals surface area (Å²) in [4.78, 5) is 43.1. The molecule has 2 aromatic carbocycles. The van der Waals surface area contributed by atoms with Crippen molar-refractivity contribution in [3.05, 3.63) is 78.8 Å². The Morgan fingerprint density at radius 2 is 1.64 bits per heavy atom. The van der Waals surface area contributed by atoms with Crippen LogP contribution in [0, 0.1) is 0 Å². The maximum atomic E-state index is 12.7. The van der Waals surface area contributed by atoms with Crippen molar-refractivity contribution in [2.24, 2.45) is 7.05 Å². The first-order valence-corrected chi connectivity index (χ1v) is 14.3. The van der Waals surface area contributed by atoms with Gasteiger partial charge in [-0.25, -0.2) is 14.8 Å². The molecule has 224 valence electrons. The average Bonchev–Trinajstić information content (AvgIpc) is 3.46. The first-order valence-electron chi connectivity index (χ1n) is 14.3. The van der Waals surface area contributed by atoms with Gasteiger partial charge in [0.2, 0.25) is 0 Å². The van der Waals surface area contributed by atoms with Crippen LogP contribution >= 0.6 is 0 Å². The smallest absolute Gasteiger partial charge is 0.323 e. The molecule has 5 aromatic rings. The average molecular weight is 592 g/mol. The molecule has 1 atom stereocenters. The normalized spacial score (nSPS) is 14.8. The van der Waals surface area contributed by atoms with E-state index in [1.54, 1.807) is 49.2 Å². The highest BCUT2D eigenvalue weighted by molar-refractivity contribution is 6.00. The molecule has 6 rings (SSSR count). The van der Waals surface area contributed by atoms with Gasteiger partial charge in [0.05, 0.1) is 24.4 Å². The number of nitrogens with one attached hydrogen (secondary N) is 2. The molecule has 1 fully saturated rings. The van der Waals surface area contributed by atoms with Gasteiger partial charge in [0.25, 0.3) is 5.91 Å². The Bertz CT molecular complexity index is 1820. The Morgan fingerprint density at radius 3 is 2.27 bits per heavy atom. The Balaban J connectivity index is 1.24. The molecule has 12 nitrogen and oxygen atoms in total. The lowest BCUT2D eigenvalue weighted by Gasteiger charge is -2.32. The van der Waals surface area contributed by atoms with Crippen LogP contribution < -0.4 is 15.5 Å². The molecule has 0 radical (unpaired) electrons. The Labute approximate surface area is 254 Å². The minimum Gasteiger partial charge on any atom is -0.375 e. The number of amides is 3. The fourth-order valence-electron chi connectivity index (χ4n) is 5.04. The fourth-order valence-corrected chi connectivity index (χ4v) is 5.04. The Morgan fingerprint density at radius 1 is 0.932 bits per heavy atom. The van der Waals surface area contributed by atoms with Crippen LogP contribution in [0.25, 0.3) is 33.5 Å². The molecule has 0 bridgehead atoms. The number of hydrogen-bond donors (Lipinski definition) is 2. The summed E-state index contributed by atoms with van der Waals surface area (Å²) >= 11 is 0. The van der Waals surface area contributed by atoms with Crippen LogP contribution in [-0.2, 0) is 11.8 Å². The third-order valence-corrected chi connectivity index (χ3v) is 7.29. The minimum atomic E-state index is -0.399. The van der Waals surface area contributed by atoms with Gasteiger partial charge in [-0.3, -0.25) is 14.5 Å². The van der Waals surface area contributed by atoms with E-state index in [1.165, 1.54) is 4.90 Å². The summed E-state index contributed by atoms with van der Waals surface area (Å²) < 4.78 is 7.53. The molecule has 3 aromatic heterocycles. The van der Waals surface area contributed by atoms with Crippen LogP contribution in [0.3, 0.4) is 0 Å². The van der Waals surface area contributed by atoms with Crippen molar-refractivity contribution in [2.75, 3.05) is 49.3 Å². The van der Waals surface area contributed by atoms with Gasteiger partial charge in [0, 0.05) is 80.3 Å². The standard InChI is InChI=1S/C32H33N9O3/c1-20-18-41(13-14-44-20)30-28-27(15-23(16-33-28)24-17-34-40(4)19-24)37-29(38-30)21-5-9-25(10-6-21)35-32(43)36-26-11-7-22(8-12-26)31(42)39(2)3/h5-12,15-17,19-20H,13-14,18H2,1-4H3,(H2,35,36,43). The topological polar surface area (TPSA) is 130 Å². The lowest BCUT2D eigenvalue weighted by molar-refractivity contribution is 0.0530. The number of nitrogens with zero attached hydrogens (tertiary/aromatic N) is 7. The van der Waals surface area contributed by atoms with E-state index in [1.807, 2.05) is 56.7 Å². The predicted octanol–water partition coefficient (Wildman–Crippen LogP) is 4.66. The zero-order valence-electron chi connectivity index (χ0n) is 25.0.